The summed E-state index contributed by atoms with van der Waals surface area (Å²) >= 11 is 0. The normalized spacial score (nSPS) is 12.4. The molecule has 0 bridgehead atoms. The van der Waals surface area contributed by atoms with Gasteiger partial charge in [0.05, 0.1) is 4.90 Å². The molecule has 0 unspecified atom stereocenters. The molecule has 0 heterocycles. The van der Waals surface area contributed by atoms with Gasteiger partial charge in [0.2, 0.25) is 10.0 Å². The van der Waals surface area contributed by atoms with Crippen molar-refractivity contribution in [1.29, 1.82) is 0 Å². The Morgan fingerprint density at radius 2 is 1.43 bits per heavy atom. The molecule has 144 valence electrons. The third-order valence-electron chi connectivity index (χ3n) is 4.29. The fraction of sp³-hybridized carbons (Fsp3) is 0.0952. The molecule has 3 rings (SSSR count). The third kappa shape index (κ3) is 4.76. The Labute approximate surface area is 163 Å². The topological polar surface area (TPSA) is 109 Å². The fourth-order valence-corrected chi connectivity index (χ4v) is 3.98. The van der Waals surface area contributed by atoms with Crippen LogP contribution in [-0.4, -0.2) is 25.5 Å². The van der Waals surface area contributed by atoms with Gasteiger partial charge >= 0.3 is 5.97 Å². The second kappa shape index (κ2) is 8.24. The molecule has 0 aliphatic rings. The minimum atomic E-state index is -3.98. The SMILES string of the molecule is Nc1ccc(-c2ccc(S(=O)(=O)N[C@H](Cc3ccccc3)C(=O)O)cc2)cc1. The second-order valence-electron chi connectivity index (χ2n) is 6.35. The van der Waals surface area contributed by atoms with Crippen LogP contribution in [0.15, 0.2) is 83.8 Å². The molecule has 0 aliphatic heterocycles. The van der Waals surface area contributed by atoms with Gasteiger partial charge in [-0.3, -0.25) is 4.79 Å². The van der Waals surface area contributed by atoms with Gasteiger partial charge in [-0.15, -0.1) is 0 Å². The summed E-state index contributed by atoms with van der Waals surface area (Å²) in [7, 11) is -3.98. The van der Waals surface area contributed by atoms with Crippen LogP contribution >= 0.6 is 0 Å². The van der Waals surface area contributed by atoms with Gasteiger partial charge < -0.3 is 10.8 Å². The van der Waals surface area contributed by atoms with Crippen molar-refractivity contribution in [1.82, 2.24) is 4.72 Å². The Hall–Kier alpha value is -3.16. The highest BCUT2D eigenvalue weighted by molar-refractivity contribution is 7.89. The zero-order valence-electron chi connectivity index (χ0n) is 14.9. The van der Waals surface area contributed by atoms with Crippen molar-refractivity contribution < 1.29 is 18.3 Å². The highest BCUT2D eigenvalue weighted by Crippen LogP contribution is 2.22. The minimum Gasteiger partial charge on any atom is -0.480 e. The van der Waals surface area contributed by atoms with Crippen LogP contribution in [0.25, 0.3) is 11.1 Å². The molecule has 3 aromatic carbocycles. The van der Waals surface area contributed by atoms with Gasteiger partial charge in [0.15, 0.2) is 0 Å². The maximum Gasteiger partial charge on any atom is 0.322 e. The van der Waals surface area contributed by atoms with E-state index in [1.54, 1.807) is 48.5 Å². The largest absolute Gasteiger partial charge is 0.480 e. The first kappa shape index (κ1) is 19.6. The van der Waals surface area contributed by atoms with Gasteiger partial charge in [0.1, 0.15) is 6.04 Å². The van der Waals surface area contributed by atoms with E-state index >= 15 is 0 Å². The predicted octanol–water partition coefficient (Wildman–Crippen LogP) is 2.91. The van der Waals surface area contributed by atoms with Crippen molar-refractivity contribution in [2.45, 2.75) is 17.4 Å². The van der Waals surface area contributed by atoms with Crippen LogP contribution in [0.3, 0.4) is 0 Å². The number of hydrogen-bond donors (Lipinski definition) is 3. The van der Waals surface area contributed by atoms with E-state index in [0.29, 0.717) is 5.69 Å². The molecule has 0 amide bonds. The molecule has 0 saturated heterocycles. The number of carboxylic acid groups (broad SMARTS) is 1. The highest BCUT2D eigenvalue weighted by Gasteiger charge is 2.25. The van der Waals surface area contributed by atoms with Crippen molar-refractivity contribution >= 4 is 21.7 Å². The standard InChI is InChI=1S/C21H20N2O4S/c22-18-10-6-16(7-11-18)17-8-12-19(13-9-17)28(26,27)23-20(21(24)25)14-15-4-2-1-3-5-15/h1-13,20,23H,14,22H2,(H,24,25)/t20-/m1/s1. The van der Waals surface area contributed by atoms with Gasteiger partial charge in [-0.2, -0.15) is 4.72 Å². The number of carboxylic acids is 1. The zero-order chi connectivity index (χ0) is 20.1. The summed E-state index contributed by atoms with van der Waals surface area (Å²) in [6, 6.07) is 21.1. The van der Waals surface area contributed by atoms with Crippen LogP contribution in [0, 0.1) is 0 Å². The second-order valence-corrected chi connectivity index (χ2v) is 8.06. The van der Waals surface area contributed by atoms with Gasteiger partial charge in [-0.25, -0.2) is 8.42 Å². The van der Waals surface area contributed by atoms with Crippen molar-refractivity contribution in [3.8, 4) is 11.1 Å². The molecule has 0 aromatic heterocycles. The average molecular weight is 396 g/mol. The summed E-state index contributed by atoms with van der Waals surface area (Å²) in [6.07, 6.45) is 0.0545. The van der Waals surface area contributed by atoms with E-state index in [1.807, 2.05) is 18.2 Å². The number of anilines is 1. The summed E-state index contributed by atoms with van der Waals surface area (Å²) in [5.74, 6) is -1.23. The number of aliphatic carboxylic acids is 1. The first-order valence-electron chi connectivity index (χ1n) is 8.60. The van der Waals surface area contributed by atoms with E-state index in [1.165, 1.54) is 12.1 Å². The van der Waals surface area contributed by atoms with Gasteiger partial charge in [0, 0.05) is 5.69 Å². The lowest BCUT2D eigenvalue weighted by Gasteiger charge is -2.15. The molecule has 6 nitrogen and oxygen atoms in total. The van der Waals surface area contributed by atoms with Crippen molar-refractivity contribution in [3.63, 3.8) is 0 Å². The number of nitrogen functional groups attached to an aromatic ring is 1. The summed E-state index contributed by atoms with van der Waals surface area (Å²) in [5.41, 5.74) is 8.79. The molecule has 1 atom stereocenters. The Morgan fingerprint density at radius 3 is 1.96 bits per heavy atom. The van der Waals surface area contributed by atoms with Crippen LogP contribution in [0.5, 0.6) is 0 Å². The van der Waals surface area contributed by atoms with E-state index in [2.05, 4.69) is 4.72 Å². The van der Waals surface area contributed by atoms with E-state index in [4.69, 9.17) is 5.73 Å². The van der Waals surface area contributed by atoms with Crippen LogP contribution in [0.4, 0.5) is 5.69 Å². The number of sulfonamides is 1. The predicted molar refractivity (Wildman–Crippen MR) is 108 cm³/mol. The summed E-state index contributed by atoms with van der Waals surface area (Å²) in [5, 5.41) is 9.42. The summed E-state index contributed by atoms with van der Waals surface area (Å²) < 4.78 is 27.6. The third-order valence-corrected chi connectivity index (χ3v) is 5.77. The first-order valence-corrected chi connectivity index (χ1v) is 10.1. The van der Waals surface area contributed by atoms with Crippen molar-refractivity contribution in [2.75, 3.05) is 5.73 Å². The van der Waals surface area contributed by atoms with Crippen molar-refractivity contribution in [3.05, 3.63) is 84.4 Å². The molecule has 7 heteroatoms. The van der Waals surface area contributed by atoms with E-state index in [-0.39, 0.29) is 11.3 Å². The van der Waals surface area contributed by atoms with Gasteiger partial charge in [0.25, 0.3) is 0 Å². The number of nitrogens with two attached hydrogens (primary N) is 1. The number of rotatable bonds is 7. The van der Waals surface area contributed by atoms with Crippen LogP contribution in [-0.2, 0) is 21.2 Å². The van der Waals surface area contributed by atoms with Crippen LogP contribution in [0.2, 0.25) is 0 Å². The zero-order valence-corrected chi connectivity index (χ0v) is 15.8. The number of carbonyl (C=O) groups is 1. The number of nitrogens with one attached hydrogen (secondary N) is 1. The average Bonchev–Trinajstić information content (AvgIpc) is 2.69. The maximum absolute atomic E-state index is 12.6. The van der Waals surface area contributed by atoms with Gasteiger partial charge in [-0.1, -0.05) is 54.6 Å². The molecule has 0 spiro atoms. The lowest BCUT2D eigenvalue weighted by Crippen LogP contribution is -2.42. The quantitative estimate of drug-likeness (QED) is 0.532. The summed E-state index contributed by atoms with van der Waals surface area (Å²) in [6.45, 7) is 0. The van der Waals surface area contributed by atoms with Crippen LogP contribution < -0.4 is 10.5 Å². The Kier molecular flexibility index (Phi) is 5.77. The smallest absolute Gasteiger partial charge is 0.322 e. The number of benzene rings is 3. The highest BCUT2D eigenvalue weighted by atomic mass is 32.2. The lowest BCUT2D eigenvalue weighted by atomic mass is 10.1. The molecule has 0 saturated carbocycles. The van der Waals surface area contributed by atoms with E-state index in [9.17, 15) is 18.3 Å². The van der Waals surface area contributed by atoms with E-state index < -0.39 is 22.0 Å². The molecule has 28 heavy (non-hydrogen) atoms. The minimum absolute atomic E-state index is 0.00556. The lowest BCUT2D eigenvalue weighted by molar-refractivity contribution is -0.138. The molecular weight excluding hydrogens is 376 g/mol. The van der Waals surface area contributed by atoms with Crippen molar-refractivity contribution in [2.24, 2.45) is 0 Å². The molecular formula is C21H20N2O4S. The molecule has 3 aromatic rings. The molecule has 0 aliphatic carbocycles. The molecule has 0 fully saturated rings. The molecule has 0 radical (unpaired) electrons. The molecule has 4 N–H and O–H groups in total. The monoisotopic (exact) mass is 396 g/mol. The maximum atomic E-state index is 12.6. The Balaban J connectivity index is 1.79. The van der Waals surface area contributed by atoms with Gasteiger partial charge in [-0.05, 0) is 47.4 Å². The Bertz CT molecular complexity index is 1050. The Morgan fingerprint density at radius 1 is 0.893 bits per heavy atom. The van der Waals surface area contributed by atoms with Crippen LogP contribution in [0.1, 0.15) is 5.56 Å². The number of hydrogen-bond acceptors (Lipinski definition) is 4. The fourth-order valence-electron chi connectivity index (χ4n) is 2.79. The first-order chi connectivity index (χ1) is 13.3. The van der Waals surface area contributed by atoms with E-state index in [0.717, 1.165) is 16.7 Å². The summed E-state index contributed by atoms with van der Waals surface area (Å²) in [4.78, 5) is 11.5.